The highest BCUT2D eigenvalue weighted by Crippen LogP contribution is 2.12. The van der Waals surface area contributed by atoms with E-state index in [-0.39, 0.29) is 0 Å². The van der Waals surface area contributed by atoms with Gasteiger partial charge in [-0.25, -0.2) is 0 Å². The Bertz CT molecular complexity index is 142. The van der Waals surface area contributed by atoms with E-state index in [0.717, 1.165) is 13.0 Å². The van der Waals surface area contributed by atoms with E-state index in [9.17, 15) is 0 Å². The first-order valence-corrected chi connectivity index (χ1v) is 4.27. The summed E-state index contributed by atoms with van der Waals surface area (Å²) < 4.78 is 0. The van der Waals surface area contributed by atoms with E-state index < -0.39 is 0 Å². The predicted octanol–water partition coefficient (Wildman–Crippen LogP) is 0.902. The molecule has 1 fully saturated rings. The van der Waals surface area contributed by atoms with Gasteiger partial charge >= 0.3 is 0 Å². The molecule has 0 aliphatic carbocycles. The maximum absolute atomic E-state index is 3.91. The van der Waals surface area contributed by atoms with E-state index in [2.05, 4.69) is 24.1 Å². The van der Waals surface area contributed by atoms with Crippen molar-refractivity contribution in [2.24, 2.45) is 0 Å². The number of nitrogens with one attached hydrogen (secondary N) is 2. The molecule has 1 unspecified atom stereocenters. The maximum atomic E-state index is 3.91. The monoisotopic (exact) mass is 154 g/mol. The molecule has 11 heavy (non-hydrogen) atoms. The van der Waals surface area contributed by atoms with Gasteiger partial charge in [0.05, 0.1) is 0 Å². The highest BCUT2D eigenvalue weighted by Gasteiger charge is 2.21. The van der Waals surface area contributed by atoms with Gasteiger partial charge in [0.1, 0.15) is 0 Å². The Morgan fingerprint density at radius 2 is 2.45 bits per heavy atom. The van der Waals surface area contributed by atoms with Gasteiger partial charge in [-0.05, 0) is 26.8 Å². The van der Waals surface area contributed by atoms with Gasteiger partial charge in [-0.1, -0.05) is 5.57 Å². The van der Waals surface area contributed by atoms with Gasteiger partial charge in [0, 0.05) is 18.6 Å². The molecule has 2 nitrogen and oxygen atoms in total. The minimum Gasteiger partial charge on any atom is -0.316 e. The molecule has 64 valence electrons. The lowest BCUT2D eigenvalue weighted by Gasteiger charge is -2.09. The fraction of sp³-hybridized carbons (Fsp3) is 0.778. The Labute approximate surface area is 69.1 Å². The summed E-state index contributed by atoms with van der Waals surface area (Å²) in [5.41, 5.74) is 1.28. The molecule has 1 aliphatic rings. The molecule has 2 heteroatoms. The molecule has 1 heterocycles. The van der Waals surface area contributed by atoms with Gasteiger partial charge in [-0.15, -0.1) is 6.58 Å². The van der Waals surface area contributed by atoms with Crippen LogP contribution in [0.15, 0.2) is 12.2 Å². The van der Waals surface area contributed by atoms with Crippen LogP contribution >= 0.6 is 0 Å². The molecule has 0 aromatic carbocycles. The summed E-state index contributed by atoms with van der Waals surface area (Å²) in [4.78, 5) is 0. The van der Waals surface area contributed by atoms with Gasteiger partial charge in [0.25, 0.3) is 0 Å². The second-order valence-electron chi connectivity index (χ2n) is 3.49. The Kier molecular flexibility index (Phi) is 3.09. The molecular formula is C9H18N2. The van der Waals surface area contributed by atoms with Crippen molar-refractivity contribution in [2.75, 3.05) is 13.6 Å². The predicted molar refractivity (Wildman–Crippen MR) is 48.7 cm³/mol. The van der Waals surface area contributed by atoms with Gasteiger partial charge < -0.3 is 10.6 Å². The zero-order valence-electron chi connectivity index (χ0n) is 7.48. The minimum absolute atomic E-state index is 0.657. The molecule has 2 atom stereocenters. The summed E-state index contributed by atoms with van der Waals surface area (Å²) in [5.74, 6) is 0. The third kappa shape index (κ3) is 2.64. The highest BCUT2D eigenvalue weighted by atomic mass is 15.0. The first kappa shape index (κ1) is 8.75. The average Bonchev–Trinajstić information content (AvgIpc) is 2.34. The lowest BCUT2D eigenvalue weighted by Crippen LogP contribution is -2.27. The molecule has 0 aromatic heterocycles. The molecule has 0 saturated carbocycles. The van der Waals surface area contributed by atoms with Crippen LogP contribution in [0.25, 0.3) is 0 Å². The van der Waals surface area contributed by atoms with E-state index in [0.29, 0.717) is 12.1 Å². The Balaban J connectivity index is 2.24. The van der Waals surface area contributed by atoms with Crippen LogP contribution in [0, 0.1) is 0 Å². The Morgan fingerprint density at radius 1 is 1.73 bits per heavy atom. The first-order chi connectivity index (χ1) is 5.22. The average molecular weight is 154 g/mol. The lowest BCUT2D eigenvalue weighted by atomic mass is 10.1. The van der Waals surface area contributed by atoms with Crippen LogP contribution in [0.4, 0.5) is 0 Å². The van der Waals surface area contributed by atoms with Crippen LogP contribution < -0.4 is 10.6 Å². The van der Waals surface area contributed by atoms with Crippen LogP contribution in [-0.4, -0.2) is 25.7 Å². The maximum Gasteiger partial charge on any atom is 0.0204 e. The molecule has 1 aliphatic heterocycles. The van der Waals surface area contributed by atoms with Crippen molar-refractivity contribution >= 4 is 0 Å². The third-order valence-electron chi connectivity index (χ3n) is 2.23. The van der Waals surface area contributed by atoms with Crippen molar-refractivity contribution in [3.05, 3.63) is 12.2 Å². The van der Waals surface area contributed by atoms with Crippen LogP contribution in [0.3, 0.4) is 0 Å². The fourth-order valence-electron chi connectivity index (χ4n) is 1.62. The summed E-state index contributed by atoms with van der Waals surface area (Å²) >= 11 is 0. The standard InChI is InChI=1S/C9H18N2/c1-7(2)4-8-5-9(10-3)6-11-8/h8-11H,1,4-6H2,2-3H3/t8?,9-/m1/s1. The molecule has 1 saturated heterocycles. The normalized spacial score (nSPS) is 30.7. The molecule has 0 spiro atoms. The summed E-state index contributed by atoms with van der Waals surface area (Å²) in [5, 5.41) is 6.74. The lowest BCUT2D eigenvalue weighted by molar-refractivity contribution is 0.569. The summed E-state index contributed by atoms with van der Waals surface area (Å²) in [6.45, 7) is 7.11. The number of rotatable bonds is 3. The SMILES string of the molecule is C=C(C)CC1C[C@@H](NC)CN1. The van der Waals surface area contributed by atoms with Crippen molar-refractivity contribution in [1.82, 2.24) is 10.6 Å². The second-order valence-corrected chi connectivity index (χ2v) is 3.49. The quantitative estimate of drug-likeness (QED) is 0.590. The molecular weight excluding hydrogens is 136 g/mol. The van der Waals surface area contributed by atoms with Crippen LogP contribution in [-0.2, 0) is 0 Å². The summed E-state index contributed by atoms with van der Waals surface area (Å²) in [7, 11) is 2.02. The highest BCUT2D eigenvalue weighted by molar-refractivity contribution is 4.97. The molecule has 0 amide bonds. The van der Waals surface area contributed by atoms with Crippen LogP contribution in [0.5, 0.6) is 0 Å². The van der Waals surface area contributed by atoms with Crippen molar-refractivity contribution < 1.29 is 0 Å². The minimum atomic E-state index is 0.657. The molecule has 0 radical (unpaired) electrons. The van der Waals surface area contributed by atoms with E-state index in [4.69, 9.17) is 0 Å². The molecule has 0 bridgehead atoms. The number of hydrogen-bond donors (Lipinski definition) is 2. The number of likely N-dealkylation sites (N-methyl/N-ethyl adjacent to an activating group) is 1. The van der Waals surface area contributed by atoms with Gasteiger partial charge in [0.15, 0.2) is 0 Å². The van der Waals surface area contributed by atoms with Crippen molar-refractivity contribution in [3.63, 3.8) is 0 Å². The molecule has 2 N–H and O–H groups in total. The van der Waals surface area contributed by atoms with E-state index in [1.54, 1.807) is 0 Å². The van der Waals surface area contributed by atoms with E-state index in [1.807, 2.05) is 7.05 Å². The van der Waals surface area contributed by atoms with Gasteiger partial charge in [-0.3, -0.25) is 0 Å². The Morgan fingerprint density at radius 3 is 2.91 bits per heavy atom. The topological polar surface area (TPSA) is 24.1 Å². The van der Waals surface area contributed by atoms with Gasteiger partial charge in [-0.2, -0.15) is 0 Å². The van der Waals surface area contributed by atoms with Crippen molar-refractivity contribution in [3.8, 4) is 0 Å². The van der Waals surface area contributed by atoms with E-state index in [1.165, 1.54) is 12.0 Å². The first-order valence-electron chi connectivity index (χ1n) is 4.27. The van der Waals surface area contributed by atoms with E-state index >= 15 is 0 Å². The smallest absolute Gasteiger partial charge is 0.0204 e. The van der Waals surface area contributed by atoms with Gasteiger partial charge in [0.2, 0.25) is 0 Å². The molecule has 0 aromatic rings. The van der Waals surface area contributed by atoms with Crippen LogP contribution in [0.1, 0.15) is 19.8 Å². The second kappa shape index (κ2) is 3.88. The summed E-state index contributed by atoms with van der Waals surface area (Å²) in [6.07, 6.45) is 2.36. The summed E-state index contributed by atoms with van der Waals surface area (Å²) in [6, 6.07) is 1.32. The van der Waals surface area contributed by atoms with Crippen molar-refractivity contribution in [1.29, 1.82) is 0 Å². The zero-order chi connectivity index (χ0) is 8.27. The molecule has 1 rings (SSSR count). The fourth-order valence-corrected chi connectivity index (χ4v) is 1.62. The Hall–Kier alpha value is -0.340. The zero-order valence-corrected chi connectivity index (χ0v) is 7.48. The largest absolute Gasteiger partial charge is 0.316 e. The van der Waals surface area contributed by atoms with Crippen molar-refractivity contribution in [2.45, 2.75) is 31.8 Å². The third-order valence-corrected chi connectivity index (χ3v) is 2.23. The number of hydrogen-bond acceptors (Lipinski definition) is 2. The van der Waals surface area contributed by atoms with Crippen LogP contribution in [0.2, 0.25) is 0 Å².